The Morgan fingerprint density at radius 2 is 1.77 bits per heavy atom. The van der Waals surface area contributed by atoms with E-state index in [1.807, 2.05) is 43.3 Å². The first-order chi connectivity index (χ1) is 14.9. The van der Waals surface area contributed by atoms with Gasteiger partial charge in [0.2, 0.25) is 5.91 Å². The number of halogens is 2. The lowest BCUT2D eigenvalue weighted by molar-refractivity contribution is -0.111. The first-order valence-electron chi connectivity index (χ1n) is 9.40. The molecule has 1 heterocycles. The van der Waals surface area contributed by atoms with Gasteiger partial charge in [0.05, 0.1) is 17.8 Å². The number of nitrogens with zero attached hydrogens (tertiary/aromatic N) is 3. The summed E-state index contributed by atoms with van der Waals surface area (Å²) in [4.78, 5) is 14.1. The average molecular weight is 453 g/mol. The van der Waals surface area contributed by atoms with Crippen molar-refractivity contribution in [2.45, 2.75) is 6.92 Å². The van der Waals surface area contributed by atoms with E-state index in [-0.39, 0.29) is 5.91 Å². The molecule has 0 radical (unpaired) electrons. The quantitative estimate of drug-likeness (QED) is 0.394. The van der Waals surface area contributed by atoms with Crippen LogP contribution in [0.15, 0.2) is 60.7 Å². The SMILES string of the molecule is COc1c(Cl)cc(Cl)cc1C=CC(=O)Nc1cc2nn(-c3ccccc3)nc2cc1C. The highest BCUT2D eigenvalue weighted by atomic mass is 35.5. The topological polar surface area (TPSA) is 69.0 Å². The van der Waals surface area contributed by atoms with E-state index in [0.29, 0.717) is 32.6 Å². The number of carbonyl (C=O) groups is 1. The van der Waals surface area contributed by atoms with Gasteiger partial charge in [-0.1, -0.05) is 41.4 Å². The van der Waals surface area contributed by atoms with Crippen molar-refractivity contribution in [2.75, 3.05) is 12.4 Å². The maximum absolute atomic E-state index is 12.5. The van der Waals surface area contributed by atoms with Gasteiger partial charge in [-0.2, -0.15) is 4.80 Å². The van der Waals surface area contributed by atoms with Crippen molar-refractivity contribution in [2.24, 2.45) is 0 Å². The fraction of sp³-hybridized carbons (Fsp3) is 0.0870. The molecule has 0 bridgehead atoms. The molecule has 3 aromatic carbocycles. The van der Waals surface area contributed by atoms with Crippen molar-refractivity contribution in [3.05, 3.63) is 81.8 Å². The predicted octanol–water partition coefficient (Wildman–Crippen LogP) is 5.70. The Balaban J connectivity index is 1.58. The van der Waals surface area contributed by atoms with Crippen LogP contribution in [-0.4, -0.2) is 28.0 Å². The molecular weight excluding hydrogens is 435 g/mol. The van der Waals surface area contributed by atoms with Crippen LogP contribution >= 0.6 is 23.2 Å². The molecule has 4 rings (SSSR count). The number of fused-ring (bicyclic) bond motifs is 1. The zero-order valence-electron chi connectivity index (χ0n) is 16.8. The molecule has 0 spiro atoms. The predicted molar refractivity (Wildman–Crippen MR) is 124 cm³/mol. The van der Waals surface area contributed by atoms with Crippen LogP contribution in [0.2, 0.25) is 10.0 Å². The summed E-state index contributed by atoms with van der Waals surface area (Å²) in [5.41, 5.74) is 4.41. The van der Waals surface area contributed by atoms with Crippen molar-refractivity contribution in [1.29, 1.82) is 0 Å². The van der Waals surface area contributed by atoms with Crippen LogP contribution in [0.3, 0.4) is 0 Å². The molecule has 4 aromatic rings. The Bertz CT molecular complexity index is 1300. The number of amides is 1. The molecule has 6 nitrogen and oxygen atoms in total. The van der Waals surface area contributed by atoms with E-state index in [4.69, 9.17) is 27.9 Å². The van der Waals surface area contributed by atoms with Crippen molar-refractivity contribution in [3.63, 3.8) is 0 Å². The zero-order chi connectivity index (χ0) is 22.0. The van der Waals surface area contributed by atoms with Gasteiger partial charge < -0.3 is 10.1 Å². The second-order valence-corrected chi connectivity index (χ2v) is 7.66. The zero-order valence-corrected chi connectivity index (χ0v) is 18.3. The number of aryl methyl sites for hydroxylation is 1. The van der Waals surface area contributed by atoms with Crippen molar-refractivity contribution in [3.8, 4) is 11.4 Å². The molecule has 156 valence electrons. The van der Waals surface area contributed by atoms with Crippen molar-refractivity contribution >= 4 is 51.9 Å². The first-order valence-corrected chi connectivity index (χ1v) is 10.2. The second-order valence-electron chi connectivity index (χ2n) is 6.81. The summed E-state index contributed by atoms with van der Waals surface area (Å²) < 4.78 is 5.30. The number of methoxy groups -OCH3 is 1. The lowest BCUT2D eigenvalue weighted by Gasteiger charge is -2.08. The van der Waals surface area contributed by atoms with Gasteiger partial charge in [-0.15, -0.1) is 10.2 Å². The standard InChI is InChI=1S/C23H18Cl2N4O2/c1-14-10-20-21(28-29(27-20)17-6-4-3-5-7-17)13-19(14)26-22(30)9-8-15-11-16(24)12-18(25)23(15)31-2/h3-13H,1-2H3,(H,26,30). The monoisotopic (exact) mass is 452 g/mol. The fourth-order valence-electron chi connectivity index (χ4n) is 3.14. The molecular formula is C23H18Cl2N4O2. The first kappa shape index (κ1) is 20.9. The van der Waals surface area contributed by atoms with Crippen LogP contribution in [0, 0.1) is 6.92 Å². The number of rotatable bonds is 5. The number of anilines is 1. The minimum absolute atomic E-state index is 0.309. The van der Waals surface area contributed by atoms with Crippen LogP contribution in [0.1, 0.15) is 11.1 Å². The number of carbonyl (C=O) groups excluding carboxylic acids is 1. The van der Waals surface area contributed by atoms with Gasteiger partial charge in [0.25, 0.3) is 0 Å². The van der Waals surface area contributed by atoms with Gasteiger partial charge in [-0.3, -0.25) is 4.79 Å². The highest BCUT2D eigenvalue weighted by Crippen LogP contribution is 2.33. The highest BCUT2D eigenvalue weighted by molar-refractivity contribution is 6.36. The summed E-state index contributed by atoms with van der Waals surface area (Å²) in [6, 6.07) is 16.6. The molecule has 31 heavy (non-hydrogen) atoms. The highest BCUT2D eigenvalue weighted by Gasteiger charge is 2.11. The number of aromatic nitrogens is 3. The van der Waals surface area contributed by atoms with Gasteiger partial charge in [0, 0.05) is 22.3 Å². The third-order valence-electron chi connectivity index (χ3n) is 4.63. The summed E-state index contributed by atoms with van der Waals surface area (Å²) in [6.07, 6.45) is 3.00. The summed E-state index contributed by atoms with van der Waals surface area (Å²) in [6.45, 7) is 1.90. The van der Waals surface area contributed by atoms with E-state index in [2.05, 4.69) is 15.5 Å². The van der Waals surface area contributed by atoms with Crippen molar-refractivity contribution < 1.29 is 9.53 Å². The van der Waals surface area contributed by atoms with E-state index in [1.54, 1.807) is 29.1 Å². The summed E-state index contributed by atoms with van der Waals surface area (Å²) in [5, 5.41) is 12.7. The fourth-order valence-corrected chi connectivity index (χ4v) is 3.72. The third kappa shape index (κ3) is 4.55. The van der Waals surface area contributed by atoms with E-state index in [1.165, 1.54) is 13.2 Å². The van der Waals surface area contributed by atoms with Gasteiger partial charge in [-0.05, 0) is 55.0 Å². The number of benzene rings is 3. The number of nitrogens with one attached hydrogen (secondary N) is 1. The third-order valence-corrected chi connectivity index (χ3v) is 5.13. The molecule has 8 heteroatoms. The average Bonchev–Trinajstić information content (AvgIpc) is 3.15. The Kier molecular flexibility index (Phi) is 5.93. The summed E-state index contributed by atoms with van der Waals surface area (Å²) in [5.74, 6) is 0.140. The number of para-hydroxylation sites is 1. The van der Waals surface area contributed by atoms with Crippen LogP contribution in [0.25, 0.3) is 22.8 Å². The Morgan fingerprint density at radius 3 is 2.48 bits per heavy atom. The van der Waals surface area contributed by atoms with Crippen molar-refractivity contribution in [1.82, 2.24) is 15.0 Å². The van der Waals surface area contributed by atoms with E-state index in [0.717, 1.165) is 16.8 Å². The maximum atomic E-state index is 12.5. The smallest absolute Gasteiger partial charge is 0.248 e. The van der Waals surface area contributed by atoms with E-state index >= 15 is 0 Å². The molecule has 0 saturated carbocycles. The minimum Gasteiger partial charge on any atom is -0.495 e. The molecule has 0 unspecified atom stereocenters. The summed E-state index contributed by atoms with van der Waals surface area (Å²) >= 11 is 12.2. The molecule has 1 amide bonds. The van der Waals surface area contributed by atoms with Crippen LogP contribution < -0.4 is 10.1 Å². The van der Waals surface area contributed by atoms with Gasteiger partial charge in [-0.25, -0.2) is 0 Å². The van der Waals surface area contributed by atoms with E-state index < -0.39 is 0 Å². The molecule has 0 aliphatic heterocycles. The molecule has 0 aliphatic rings. The number of ether oxygens (including phenoxy) is 1. The Morgan fingerprint density at radius 1 is 1.06 bits per heavy atom. The lowest BCUT2D eigenvalue weighted by atomic mass is 10.1. The normalized spacial score (nSPS) is 11.2. The molecule has 0 fully saturated rings. The molecule has 1 N–H and O–H groups in total. The van der Waals surface area contributed by atoms with Gasteiger partial charge >= 0.3 is 0 Å². The Labute approximate surface area is 189 Å². The van der Waals surface area contributed by atoms with Crippen LogP contribution in [-0.2, 0) is 4.79 Å². The lowest BCUT2D eigenvalue weighted by Crippen LogP contribution is -2.09. The van der Waals surface area contributed by atoms with Crippen LogP contribution in [0.5, 0.6) is 5.75 Å². The van der Waals surface area contributed by atoms with Crippen LogP contribution in [0.4, 0.5) is 5.69 Å². The molecule has 0 atom stereocenters. The number of hydrogen-bond acceptors (Lipinski definition) is 4. The molecule has 0 aliphatic carbocycles. The molecule has 0 saturated heterocycles. The second kappa shape index (κ2) is 8.79. The molecule has 1 aromatic heterocycles. The largest absolute Gasteiger partial charge is 0.495 e. The minimum atomic E-state index is -0.309. The maximum Gasteiger partial charge on any atom is 0.248 e. The Hall–Kier alpha value is -3.35. The van der Waals surface area contributed by atoms with E-state index in [9.17, 15) is 4.79 Å². The van der Waals surface area contributed by atoms with Gasteiger partial charge in [0.1, 0.15) is 16.8 Å². The van der Waals surface area contributed by atoms with Gasteiger partial charge in [0.15, 0.2) is 0 Å². The number of hydrogen-bond donors (Lipinski definition) is 1. The summed E-state index contributed by atoms with van der Waals surface area (Å²) in [7, 11) is 1.51.